The van der Waals surface area contributed by atoms with Gasteiger partial charge in [0.2, 0.25) is 5.91 Å². The Morgan fingerprint density at radius 3 is 2.48 bits per heavy atom. The molecule has 2 heterocycles. The number of halogens is 1. The highest BCUT2D eigenvalue weighted by Gasteiger charge is 2.17. The SMILES string of the molecule is Cc1ccc(NC(=O)CSc2nnc(-c3ccncc3)n2-c2ccc(F)cc2)c(C)c1. The number of thioether (sulfide) groups is 1. The van der Waals surface area contributed by atoms with Crippen molar-refractivity contribution in [1.82, 2.24) is 19.7 Å². The Hall–Kier alpha value is -3.52. The molecule has 4 rings (SSSR count). The first-order valence-electron chi connectivity index (χ1n) is 9.63. The van der Waals surface area contributed by atoms with E-state index in [-0.39, 0.29) is 17.5 Å². The van der Waals surface area contributed by atoms with Crippen molar-refractivity contribution >= 4 is 23.4 Å². The Labute approximate surface area is 183 Å². The first-order chi connectivity index (χ1) is 15.0. The molecule has 0 spiro atoms. The normalized spacial score (nSPS) is 10.8. The maximum atomic E-state index is 13.5. The molecule has 0 aliphatic rings. The van der Waals surface area contributed by atoms with Gasteiger partial charge in [-0.05, 0) is 61.9 Å². The van der Waals surface area contributed by atoms with Crippen LogP contribution < -0.4 is 5.32 Å². The van der Waals surface area contributed by atoms with Crippen molar-refractivity contribution in [1.29, 1.82) is 0 Å². The fourth-order valence-corrected chi connectivity index (χ4v) is 3.90. The van der Waals surface area contributed by atoms with Crippen LogP contribution in [-0.4, -0.2) is 31.4 Å². The minimum atomic E-state index is -0.329. The summed E-state index contributed by atoms with van der Waals surface area (Å²) in [7, 11) is 0. The van der Waals surface area contributed by atoms with Crippen LogP contribution in [0, 0.1) is 19.7 Å². The minimum absolute atomic E-state index is 0.143. The van der Waals surface area contributed by atoms with E-state index >= 15 is 0 Å². The lowest BCUT2D eigenvalue weighted by Gasteiger charge is -2.11. The molecule has 0 bridgehead atoms. The fourth-order valence-electron chi connectivity index (χ4n) is 3.14. The van der Waals surface area contributed by atoms with E-state index in [0.29, 0.717) is 16.7 Å². The summed E-state index contributed by atoms with van der Waals surface area (Å²) in [6.07, 6.45) is 3.34. The molecule has 31 heavy (non-hydrogen) atoms. The molecule has 4 aromatic rings. The lowest BCUT2D eigenvalue weighted by Crippen LogP contribution is -2.15. The second kappa shape index (κ2) is 9.09. The molecule has 2 aromatic heterocycles. The van der Waals surface area contributed by atoms with Crippen molar-refractivity contribution in [3.05, 3.63) is 83.9 Å². The molecule has 8 heteroatoms. The zero-order valence-corrected chi connectivity index (χ0v) is 17.9. The zero-order valence-electron chi connectivity index (χ0n) is 17.0. The Morgan fingerprint density at radius 2 is 1.77 bits per heavy atom. The van der Waals surface area contributed by atoms with Crippen molar-refractivity contribution < 1.29 is 9.18 Å². The standard InChI is InChI=1S/C23H20FN5OS/c1-15-3-8-20(16(2)13-15)26-21(30)14-31-23-28-27-22(17-9-11-25-12-10-17)29(23)19-6-4-18(24)5-7-19/h3-13H,14H2,1-2H3,(H,26,30). The van der Waals surface area contributed by atoms with Gasteiger partial charge in [-0.15, -0.1) is 10.2 Å². The predicted molar refractivity (Wildman–Crippen MR) is 120 cm³/mol. The smallest absolute Gasteiger partial charge is 0.234 e. The summed E-state index contributed by atoms with van der Waals surface area (Å²) < 4.78 is 15.3. The Kier molecular flexibility index (Phi) is 6.08. The number of hydrogen-bond donors (Lipinski definition) is 1. The highest BCUT2D eigenvalue weighted by Crippen LogP contribution is 2.28. The highest BCUT2D eigenvalue weighted by atomic mass is 32.2. The van der Waals surface area contributed by atoms with E-state index in [1.54, 1.807) is 24.5 Å². The number of aromatic nitrogens is 4. The van der Waals surface area contributed by atoms with E-state index in [1.165, 1.54) is 23.9 Å². The molecule has 0 saturated carbocycles. The second-order valence-electron chi connectivity index (χ2n) is 7.01. The molecular formula is C23H20FN5OS. The summed E-state index contributed by atoms with van der Waals surface area (Å²) in [6.45, 7) is 3.97. The summed E-state index contributed by atoms with van der Waals surface area (Å²) in [4.78, 5) is 16.6. The van der Waals surface area contributed by atoms with Gasteiger partial charge >= 0.3 is 0 Å². The van der Waals surface area contributed by atoms with E-state index in [9.17, 15) is 9.18 Å². The molecule has 0 atom stereocenters. The van der Waals surface area contributed by atoms with Gasteiger partial charge in [-0.1, -0.05) is 29.5 Å². The lowest BCUT2D eigenvalue weighted by atomic mass is 10.1. The van der Waals surface area contributed by atoms with Gasteiger partial charge in [0.05, 0.1) is 5.75 Å². The van der Waals surface area contributed by atoms with Gasteiger partial charge in [-0.2, -0.15) is 0 Å². The number of carbonyl (C=O) groups is 1. The van der Waals surface area contributed by atoms with Crippen LogP contribution in [0.3, 0.4) is 0 Å². The zero-order chi connectivity index (χ0) is 21.8. The van der Waals surface area contributed by atoms with Gasteiger partial charge in [0.25, 0.3) is 0 Å². The maximum absolute atomic E-state index is 13.5. The van der Waals surface area contributed by atoms with Gasteiger partial charge in [-0.25, -0.2) is 4.39 Å². The third-order valence-electron chi connectivity index (χ3n) is 4.65. The molecule has 156 valence electrons. The monoisotopic (exact) mass is 433 g/mol. The molecule has 1 N–H and O–H groups in total. The number of amides is 1. The number of hydrogen-bond acceptors (Lipinski definition) is 5. The summed E-state index contributed by atoms with van der Waals surface area (Å²) >= 11 is 1.27. The van der Waals surface area contributed by atoms with Crippen molar-refractivity contribution in [2.24, 2.45) is 0 Å². The van der Waals surface area contributed by atoms with Gasteiger partial charge in [-0.3, -0.25) is 14.3 Å². The molecule has 0 radical (unpaired) electrons. The van der Waals surface area contributed by atoms with Crippen LogP contribution in [0.15, 0.2) is 72.1 Å². The number of benzene rings is 2. The average molecular weight is 434 g/mol. The maximum Gasteiger partial charge on any atom is 0.234 e. The third kappa shape index (κ3) is 4.80. The Bertz CT molecular complexity index is 1210. The van der Waals surface area contributed by atoms with E-state index in [0.717, 1.165) is 22.4 Å². The van der Waals surface area contributed by atoms with Crippen molar-refractivity contribution in [3.63, 3.8) is 0 Å². The van der Waals surface area contributed by atoms with E-state index < -0.39 is 0 Å². The van der Waals surface area contributed by atoms with Crippen LogP contribution in [-0.2, 0) is 4.79 Å². The van der Waals surface area contributed by atoms with Gasteiger partial charge < -0.3 is 5.32 Å². The molecule has 0 saturated heterocycles. The number of anilines is 1. The largest absolute Gasteiger partial charge is 0.325 e. The molecule has 0 unspecified atom stereocenters. The molecule has 6 nitrogen and oxygen atoms in total. The summed E-state index contributed by atoms with van der Waals surface area (Å²) in [5, 5.41) is 12.1. The van der Waals surface area contributed by atoms with Crippen molar-refractivity contribution in [2.45, 2.75) is 19.0 Å². The van der Waals surface area contributed by atoms with Crippen LogP contribution in [0.5, 0.6) is 0 Å². The Balaban J connectivity index is 1.58. The van der Waals surface area contributed by atoms with Crippen LogP contribution in [0.2, 0.25) is 0 Å². The Morgan fingerprint density at radius 1 is 1.03 bits per heavy atom. The lowest BCUT2D eigenvalue weighted by molar-refractivity contribution is -0.113. The van der Waals surface area contributed by atoms with Gasteiger partial charge in [0.15, 0.2) is 11.0 Å². The summed E-state index contributed by atoms with van der Waals surface area (Å²) in [6, 6.07) is 15.6. The van der Waals surface area contributed by atoms with Crippen molar-refractivity contribution in [3.8, 4) is 17.1 Å². The summed E-state index contributed by atoms with van der Waals surface area (Å²) in [5.74, 6) is 0.273. The molecule has 0 aliphatic heterocycles. The first kappa shape index (κ1) is 20.7. The molecule has 0 fully saturated rings. The van der Waals surface area contributed by atoms with Crippen LogP contribution >= 0.6 is 11.8 Å². The number of carbonyl (C=O) groups excluding carboxylic acids is 1. The number of pyridine rings is 1. The number of rotatable bonds is 6. The molecule has 1 amide bonds. The molecule has 2 aromatic carbocycles. The van der Waals surface area contributed by atoms with Crippen LogP contribution in [0.1, 0.15) is 11.1 Å². The average Bonchev–Trinajstić information content (AvgIpc) is 3.19. The van der Waals surface area contributed by atoms with Gasteiger partial charge in [0, 0.05) is 29.3 Å². The summed E-state index contributed by atoms with van der Waals surface area (Å²) in [5.41, 5.74) is 4.45. The van der Waals surface area contributed by atoms with Crippen LogP contribution in [0.25, 0.3) is 17.1 Å². The topological polar surface area (TPSA) is 72.7 Å². The second-order valence-corrected chi connectivity index (χ2v) is 7.95. The number of nitrogens with one attached hydrogen (secondary N) is 1. The fraction of sp³-hybridized carbons (Fsp3) is 0.130. The van der Waals surface area contributed by atoms with Gasteiger partial charge in [0.1, 0.15) is 5.82 Å². The molecular weight excluding hydrogens is 413 g/mol. The molecule has 0 aliphatic carbocycles. The predicted octanol–water partition coefficient (Wildman–Crippen LogP) is 4.82. The third-order valence-corrected chi connectivity index (χ3v) is 5.57. The van der Waals surface area contributed by atoms with E-state index in [1.807, 2.05) is 48.7 Å². The number of nitrogens with zero attached hydrogens (tertiary/aromatic N) is 4. The highest BCUT2D eigenvalue weighted by molar-refractivity contribution is 7.99. The first-order valence-corrected chi connectivity index (χ1v) is 10.6. The van der Waals surface area contributed by atoms with Crippen LogP contribution in [0.4, 0.5) is 10.1 Å². The van der Waals surface area contributed by atoms with E-state index in [2.05, 4.69) is 20.5 Å². The van der Waals surface area contributed by atoms with Crippen molar-refractivity contribution in [2.75, 3.05) is 11.1 Å². The quantitative estimate of drug-likeness (QED) is 0.442. The van der Waals surface area contributed by atoms with E-state index in [4.69, 9.17) is 0 Å². The number of aryl methyl sites for hydroxylation is 2. The minimum Gasteiger partial charge on any atom is -0.325 e.